The molecule has 3 fully saturated rings. The second kappa shape index (κ2) is 5.68. The largest absolute Gasteiger partial charge is 0.300 e. The van der Waals surface area contributed by atoms with Gasteiger partial charge in [-0.15, -0.1) is 11.6 Å². The van der Waals surface area contributed by atoms with Crippen molar-refractivity contribution in [1.29, 1.82) is 0 Å². The summed E-state index contributed by atoms with van der Waals surface area (Å²) in [4.78, 5) is 24.4. The summed E-state index contributed by atoms with van der Waals surface area (Å²) in [7, 11) is 0. The lowest BCUT2D eigenvalue weighted by Crippen LogP contribution is -2.53. The van der Waals surface area contributed by atoms with Gasteiger partial charge in [0, 0.05) is 12.3 Å². The van der Waals surface area contributed by atoms with Crippen LogP contribution in [0.1, 0.15) is 66.2 Å². The molecule has 4 aliphatic carbocycles. The lowest BCUT2D eigenvalue weighted by molar-refractivity contribution is -0.129. The van der Waals surface area contributed by atoms with Gasteiger partial charge in [0.05, 0.1) is 5.38 Å². The number of Topliss-reactive ketones (excluding diaryl/α,β-unsaturated/α-hetero) is 1. The van der Waals surface area contributed by atoms with E-state index in [0.29, 0.717) is 35.9 Å². The maximum atomic E-state index is 12.4. The van der Waals surface area contributed by atoms with Crippen molar-refractivity contribution in [3.05, 3.63) is 11.6 Å². The molecule has 0 saturated heterocycles. The number of alkyl halides is 1. The second-order valence-corrected chi connectivity index (χ2v) is 10.4. The average Bonchev–Trinajstić information content (AvgIpc) is 2.80. The Morgan fingerprint density at radius 3 is 2.60 bits per heavy atom. The van der Waals surface area contributed by atoms with Crippen LogP contribution in [0.2, 0.25) is 0 Å². The number of carbonyl (C=O) groups is 2. The lowest BCUT2D eigenvalue weighted by atomic mass is 9.46. The van der Waals surface area contributed by atoms with Gasteiger partial charge in [-0.25, -0.2) is 0 Å². The summed E-state index contributed by atoms with van der Waals surface area (Å²) in [6.07, 6.45) is 7.98. The molecule has 0 aromatic carbocycles. The van der Waals surface area contributed by atoms with Crippen LogP contribution in [-0.4, -0.2) is 16.9 Å². The summed E-state index contributed by atoms with van der Waals surface area (Å²) in [5.74, 6) is 3.16. The number of carbonyl (C=O) groups excluding carboxylic acids is 2. The van der Waals surface area contributed by atoms with Crippen molar-refractivity contribution >= 4 is 23.2 Å². The summed E-state index contributed by atoms with van der Waals surface area (Å²) in [5.41, 5.74) is 1.44. The molecule has 0 N–H and O–H groups in total. The molecule has 0 aliphatic heterocycles. The summed E-state index contributed by atoms with van der Waals surface area (Å²) in [5, 5.41) is -0.00969. The predicted molar refractivity (Wildman–Crippen MR) is 100 cm³/mol. The Bertz CT molecular complexity index is 652. The number of ketones is 2. The minimum Gasteiger partial charge on any atom is -0.300 e. The third kappa shape index (κ3) is 2.35. The minimum absolute atomic E-state index is 0.00969. The monoisotopic (exact) mass is 362 g/mol. The van der Waals surface area contributed by atoms with Crippen LogP contribution in [0.25, 0.3) is 0 Å². The van der Waals surface area contributed by atoms with Crippen molar-refractivity contribution in [2.24, 2.45) is 40.4 Å². The fourth-order valence-electron chi connectivity index (χ4n) is 7.79. The van der Waals surface area contributed by atoms with Crippen LogP contribution < -0.4 is 0 Å². The van der Waals surface area contributed by atoms with E-state index in [1.54, 1.807) is 6.92 Å². The molecule has 4 aliphatic rings. The van der Waals surface area contributed by atoms with Crippen LogP contribution in [0, 0.1) is 40.4 Å². The Balaban J connectivity index is 1.73. The minimum atomic E-state index is -0.00969. The molecule has 0 aromatic rings. The van der Waals surface area contributed by atoms with Gasteiger partial charge in [0.2, 0.25) is 0 Å². The van der Waals surface area contributed by atoms with Gasteiger partial charge in [-0.3, -0.25) is 9.59 Å². The van der Waals surface area contributed by atoms with E-state index < -0.39 is 0 Å². The first-order valence-corrected chi connectivity index (χ1v) is 10.5. The maximum absolute atomic E-state index is 12.4. The van der Waals surface area contributed by atoms with E-state index in [-0.39, 0.29) is 27.9 Å². The summed E-state index contributed by atoms with van der Waals surface area (Å²) < 4.78 is 0. The van der Waals surface area contributed by atoms with Crippen molar-refractivity contribution in [3.63, 3.8) is 0 Å². The first kappa shape index (κ1) is 17.8. The number of allylic oxidation sites excluding steroid dienone is 1. The molecule has 0 heterocycles. The zero-order valence-electron chi connectivity index (χ0n) is 16.0. The zero-order valence-corrected chi connectivity index (χ0v) is 16.7. The van der Waals surface area contributed by atoms with E-state index in [2.05, 4.69) is 20.8 Å². The van der Waals surface area contributed by atoms with Crippen molar-refractivity contribution in [2.75, 3.05) is 0 Å². The van der Waals surface area contributed by atoms with E-state index in [4.69, 9.17) is 11.6 Å². The van der Waals surface area contributed by atoms with Crippen LogP contribution in [-0.2, 0) is 9.59 Å². The van der Waals surface area contributed by atoms with Crippen molar-refractivity contribution in [3.8, 4) is 0 Å². The molecular weight excluding hydrogens is 332 g/mol. The molecule has 25 heavy (non-hydrogen) atoms. The maximum Gasteiger partial charge on any atom is 0.155 e. The van der Waals surface area contributed by atoms with E-state index in [1.807, 2.05) is 6.08 Å². The average molecular weight is 363 g/mol. The van der Waals surface area contributed by atoms with Gasteiger partial charge < -0.3 is 0 Å². The molecule has 8 atom stereocenters. The lowest BCUT2D eigenvalue weighted by Gasteiger charge is -2.59. The molecule has 4 rings (SSSR count). The first-order chi connectivity index (χ1) is 11.7. The summed E-state index contributed by atoms with van der Waals surface area (Å²) in [6.45, 7) is 8.81. The van der Waals surface area contributed by atoms with E-state index >= 15 is 0 Å². The molecule has 3 saturated carbocycles. The van der Waals surface area contributed by atoms with Gasteiger partial charge in [-0.2, -0.15) is 0 Å². The highest BCUT2D eigenvalue weighted by molar-refractivity contribution is 6.23. The standard InChI is InChI=1S/C22H31ClO2/c1-12-9-17-15-11-19(23)18-10-14(25)5-7-21(18,3)16(15)6-8-22(17,4)20(12)13(2)24/h10,12,15-17,19-20H,5-9,11H2,1-4H3/t12-,15?,16+,17+,19+,20-,21-,22+/m1/s1. The van der Waals surface area contributed by atoms with Gasteiger partial charge in [-0.05, 0) is 85.2 Å². The molecule has 138 valence electrons. The van der Waals surface area contributed by atoms with E-state index in [9.17, 15) is 9.59 Å². The van der Waals surface area contributed by atoms with Crippen LogP contribution in [0.5, 0.6) is 0 Å². The quantitative estimate of drug-likeness (QED) is 0.602. The Hall–Kier alpha value is -0.630. The molecule has 0 aromatic heterocycles. The molecule has 1 unspecified atom stereocenters. The second-order valence-electron chi connectivity index (χ2n) is 9.91. The van der Waals surface area contributed by atoms with Gasteiger partial charge in [0.25, 0.3) is 0 Å². The normalized spacial score (nSPS) is 52.0. The molecule has 0 bridgehead atoms. The Labute approximate surface area is 156 Å². The predicted octanol–water partition coefficient (Wildman–Crippen LogP) is 5.19. The Kier molecular flexibility index (Phi) is 4.04. The van der Waals surface area contributed by atoms with Crippen LogP contribution in [0.3, 0.4) is 0 Å². The van der Waals surface area contributed by atoms with Gasteiger partial charge >= 0.3 is 0 Å². The zero-order chi connectivity index (χ0) is 18.1. The van der Waals surface area contributed by atoms with Gasteiger partial charge in [-0.1, -0.05) is 20.8 Å². The fourth-order valence-corrected chi connectivity index (χ4v) is 8.31. The number of fused-ring (bicyclic) bond motifs is 5. The van der Waals surface area contributed by atoms with Crippen molar-refractivity contribution < 1.29 is 9.59 Å². The van der Waals surface area contributed by atoms with Crippen molar-refractivity contribution in [1.82, 2.24) is 0 Å². The Morgan fingerprint density at radius 2 is 1.92 bits per heavy atom. The number of halogens is 1. The molecule has 0 radical (unpaired) electrons. The summed E-state index contributed by atoms with van der Waals surface area (Å²) >= 11 is 6.85. The fraction of sp³-hybridized carbons (Fsp3) is 0.818. The number of hydrogen-bond donors (Lipinski definition) is 0. The third-order valence-electron chi connectivity index (χ3n) is 8.72. The number of hydrogen-bond acceptors (Lipinski definition) is 2. The highest BCUT2D eigenvalue weighted by Crippen LogP contribution is 2.68. The SMILES string of the molecule is CC(=O)[C@H]1[C@H](C)C[C@H]2C3C[C@H](Cl)C4=CC(=O)CC[C@]4(C)[C@H]3CC[C@@]21C. The van der Waals surface area contributed by atoms with E-state index in [0.717, 1.165) is 19.3 Å². The molecule has 2 nitrogen and oxygen atoms in total. The third-order valence-corrected chi connectivity index (χ3v) is 9.13. The van der Waals surface area contributed by atoms with Gasteiger partial charge in [0.15, 0.2) is 5.78 Å². The number of rotatable bonds is 1. The van der Waals surface area contributed by atoms with Crippen LogP contribution in [0.15, 0.2) is 11.6 Å². The van der Waals surface area contributed by atoms with Crippen LogP contribution >= 0.6 is 11.6 Å². The molecular formula is C22H31ClO2. The smallest absolute Gasteiger partial charge is 0.155 e. The highest BCUT2D eigenvalue weighted by Gasteiger charge is 2.62. The van der Waals surface area contributed by atoms with Gasteiger partial charge in [0.1, 0.15) is 5.78 Å². The van der Waals surface area contributed by atoms with Crippen LogP contribution in [0.4, 0.5) is 0 Å². The van der Waals surface area contributed by atoms with Crippen molar-refractivity contribution in [2.45, 2.75) is 71.6 Å². The molecule has 0 spiro atoms. The molecule has 0 amide bonds. The van der Waals surface area contributed by atoms with E-state index in [1.165, 1.54) is 18.4 Å². The first-order valence-electron chi connectivity index (χ1n) is 10.1. The Morgan fingerprint density at radius 1 is 1.20 bits per heavy atom. The summed E-state index contributed by atoms with van der Waals surface area (Å²) in [6, 6.07) is 0. The molecule has 3 heteroatoms. The highest BCUT2D eigenvalue weighted by atomic mass is 35.5. The topological polar surface area (TPSA) is 34.1 Å².